The summed E-state index contributed by atoms with van der Waals surface area (Å²) in [4.78, 5) is 23.7. The van der Waals surface area contributed by atoms with Crippen molar-refractivity contribution in [2.75, 3.05) is 5.32 Å². The average Bonchev–Trinajstić information content (AvgIpc) is 2.69. The molecule has 158 valence electrons. The zero-order chi connectivity index (χ0) is 20.6. The molecule has 1 aromatic carbocycles. The van der Waals surface area contributed by atoms with Crippen LogP contribution < -0.4 is 40.0 Å². The Bertz CT molecular complexity index is 560. The van der Waals surface area contributed by atoms with E-state index in [9.17, 15) is 14.7 Å². The summed E-state index contributed by atoms with van der Waals surface area (Å²) in [6.45, 7) is 4.36. The molecule has 0 spiro atoms. The van der Waals surface area contributed by atoms with Gasteiger partial charge < -0.3 is 15.2 Å². The van der Waals surface area contributed by atoms with Crippen molar-refractivity contribution < 1.29 is 44.3 Å². The minimum atomic E-state index is -1.07. The van der Waals surface area contributed by atoms with Gasteiger partial charge in [0, 0.05) is 17.7 Å². The largest absolute Gasteiger partial charge is 1.00 e. The van der Waals surface area contributed by atoms with Gasteiger partial charge in [0.15, 0.2) is 5.78 Å². The van der Waals surface area contributed by atoms with Gasteiger partial charge in [-0.1, -0.05) is 78.1 Å². The summed E-state index contributed by atoms with van der Waals surface area (Å²) in [5, 5.41) is 14.5. The van der Waals surface area contributed by atoms with Gasteiger partial charge in [-0.05, 0) is 37.1 Å². The quantitative estimate of drug-likeness (QED) is 0.243. The van der Waals surface area contributed by atoms with Crippen LogP contribution in [-0.4, -0.2) is 17.8 Å². The number of rotatable bonds is 17. The van der Waals surface area contributed by atoms with Gasteiger partial charge in [-0.2, -0.15) is 0 Å². The van der Waals surface area contributed by atoms with Gasteiger partial charge in [-0.15, -0.1) is 0 Å². The van der Waals surface area contributed by atoms with Gasteiger partial charge >= 0.3 is 29.6 Å². The minimum Gasteiger partial charge on any atom is -0.548 e. The van der Waals surface area contributed by atoms with Gasteiger partial charge in [0.2, 0.25) is 0 Å². The smallest absolute Gasteiger partial charge is 0.548 e. The molecule has 0 radical (unpaired) electrons. The second-order valence-electron chi connectivity index (χ2n) is 7.74. The van der Waals surface area contributed by atoms with E-state index in [1.165, 1.54) is 38.5 Å². The summed E-state index contributed by atoms with van der Waals surface area (Å²) in [5.41, 5.74) is 1.42. The number of nitrogens with one attached hydrogen (secondary N) is 1. The first kappa shape index (κ1) is 28.2. The van der Waals surface area contributed by atoms with Crippen molar-refractivity contribution in [3.05, 3.63) is 29.8 Å². The first-order chi connectivity index (χ1) is 13.6. The molecule has 5 heteroatoms. The molecular weight excluding hydrogens is 373 g/mol. The zero-order valence-electron chi connectivity index (χ0n) is 18.8. The van der Waals surface area contributed by atoms with Crippen LogP contribution in [0.4, 0.5) is 5.69 Å². The van der Waals surface area contributed by atoms with E-state index in [0.717, 1.165) is 37.8 Å². The molecule has 0 fully saturated rings. The first-order valence-corrected chi connectivity index (χ1v) is 11.2. The van der Waals surface area contributed by atoms with Crippen molar-refractivity contribution in [3.8, 4) is 0 Å². The van der Waals surface area contributed by atoms with Gasteiger partial charge in [0.25, 0.3) is 0 Å². The third-order valence-electron chi connectivity index (χ3n) is 5.19. The normalized spacial score (nSPS) is 11.5. The Labute approximate surface area is 199 Å². The van der Waals surface area contributed by atoms with Crippen LogP contribution in [0.5, 0.6) is 0 Å². The average molecular weight is 412 g/mol. The molecule has 0 heterocycles. The molecule has 0 aliphatic carbocycles. The van der Waals surface area contributed by atoms with Crippen LogP contribution in [0.25, 0.3) is 0 Å². The van der Waals surface area contributed by atoms with E-state index in [2.05, 4.69) is 19.2 Å². The molecule has 0 amide bonds. The van der Waals surface area contributed by atoms with Crippen LogP contribution in [0.1, 0.15) is 108 Å². The van der Waals surface area contributed by atoms with Crippen LogP contribution in [0.3, 0.4) is 0 Å². The molecule has 1 rings (SSSR count). The summed E-state index contributed by atoms with van der Waals surface area (Å²) in [6, 6.07) is 6.47. The van der Waals surface area contributed by atoms with E-state index >= 15 is 0 Å². The van der Waals surface area contributed by atoms with E-state index in [-0.39, 0.29) is 35.3 Å². The molecular formula is C24H38NNaO3. The van der Waals surface area contributed by atoms with E-state index in [1.807, 2.05) is 0 Å². The summed E-state index contributed by atoms with van der Waals surface area (Å²) in [6.07, 6.45) is 13.6. The van der Waals surface area contributed by atoms with E-state index < -0.39 is 12.0 Å². The van der Waals surface area contributed by atoms with Gasteiger partial charge in [-0.25, -0.2) is 0 Å². The molecule has 4 nitrogen and oxygen atoms in total. The van der Waals surface area contributed by atoms with Gasteiger partial charge in [0.1, 0.15) is 0 Å². The van der Waals surface area contributed by atoms with Gasteiger partial charge in [0.05, 0.1) is 12.0 Å². The molecule has 0 saturated heterocycles. The van der Waals surface area contributed by atoms with Crippen LogP contribution in [0, 0.1) is 0 Å². The second kappa shape index (κ2) is 18.0. The SMILES string of the molecule is CCCCCCCCC(Nc1ccc(C(=O)CCCCCCC)cc1)C(=O)[O-].[Na+]. The number of hydrogen-bond acceptors (Lipinski definition) is 4. The fourth-order valence-corrected chi connectivity index (χ4v) is 3.36. The predicted octanol–water partition coefficient (Wildman–Crippen LogP) is 2.51. The van der Waals surface area contributed by atoms with Crippen molar-refractivity contribution in [3.63, 3.8) is 0 Å². The maximum Gasteiger partial charge on any atom is 1.00 e. The Morgan fingerprint density at radius 2 is 1.34 bits per heavy atom. The Kier molecular flexibility index (Phi) is 17.5. The maximum absolute atomic E-state index is 12.2. The van der Waals surface area contributed by atoms with Gasteiger partial charge in [-0.3, -0.25) is 4.79 Å². The Hall–Kier alpha value is -0.840. The van der Waals surface area contributed by atoms with Crippen LogP contribution in [-0.2, 0) is 4.79 Å². The van der Waals surface area contributed by atoms with E-state index in [0.29, 0.717) is 18.4 Å². The zero-order valence-corrected chi connectivity index (χ0v) is 20.8. The van der Waals surface area contributed by atoms with Crippen LogP contribution in [0.2, 0.25) is 0 Å². The third kappa shape index (κ3) is 13.1. The number of unbranched alkanes of at least 4 members (excludes halogenated alkanes) is 9. The topological polar surface area (TPSA) is 69.2 Å². The second-order valence-corrected chi connectivity index (χ2v) is 7.74. The Morgan fingerprint density at radius 1 is 0.828 bits per heavy atom. The van der Waals surface area contributed by atoms with Crippen molar-refractivity contribution >= 4 is 17.4 Å². The number of benzene rings is 1. The summed E-state index contributed by atoms with van der Waals surface area (Å²) < 4.78 is 0. The van der Waals surface area contributed by atoms with Crippen LogP contribution in [0.15, 0.2) is 24.3 Å². The third-order valence-corrected chi connectivity index (χ3v) is 5.19. The van der Waals surface area contributed by atoms with E-state index in [1.54, 1.807) is 24.3 Å². The number of carbonyl (C=O) groups excluding carboxylic acids is 2. The maximum atomic E-state index is 12.2. The number of hydrogen-bond donors (Lipinski definition) is 1. The summed E-state index contributed by atoms with van der Waals surface area (Å²) in [7, 11) is 0. The molecule has 29 heavy (non-hydrogen) atoms. The van der Waals surface area contributed by atoms with Crippen molar-refractivity contribution in [2.45, 2.75) is 103 Å². The molecule has 0 aromatic heterocycles. The molecule has 1 N–H and O–H groups in total. The predicted molar refractivity (Wildman–Crippen MR) is 115 cm³/mol. The monoisotopic (exact) mass is 411 g/mol. The first-order valence-electron chi connectivity index (χ1n) is 11.2. The molecule has 0 aliphatic heterocycles. The standard InChI is InChI=1S/C24H39NO3.Na/c1-3-5-7-9-11-12-14-22(24(27)28)25-21-18-16-20(17-19-21)23(26)15-13-10-8-6-4-2;/h16-19,22,25H,3-15H2,1-2H3,(H,27,28);/q;+1/p-1. The number of carboxylic acids is 1. The molecule has 0 aliphatic rings. The summed E-state index contributed by atoms with van der Waals surface area (Å²) in [5.74, 6) is -0.910. The minimum absolute atomic E-state index is 0. The fourth-order valence-electron chi connectivity index (χ4n) is 3.36. The van der Waals surface area contributed by atoms with Crippen molar-refractivity contribution in [1.29, 1.82) is 0 Å². The molecule has 1 atom stereocenters. The molecule has 0 bridgehead atoms. The summed E-state index contributed by atoms with van der Waals surface area (Å²) >= 11 is 0. The number of aliphatic carboxylic acids is 1. The van der Waals surface area contributed by atoms with Crippen molar-refractivity contribution in [1.82, 2.24) is 0 Å². The van der Waals surface area contributed by atoms with E-state index in [4.69, 9.17) is 0 Å². The number of Topliss-reactive ketones (excluding diaryl/α,β-unsaturated/α-hetero) is 1. The van der Waals surface area contributed by atoms with Crippen molar-refractivity contribution in [2.24, 2.45) is 0 Å². The molecule has 1 aromatic rings. The molecule has 0 saturated carbocycles. The number of anilines is 1. The Balaban J connectivity index is 0.00000784. The fraction of sp³-hybridized carbons (Fsp3) is 0.667. The van der Waals surface area contributed by atoms with Crippen LogP contribution >= 0.6 is 0 Å². The molecule has 1 unspecified atom stereocenters. The number of ketones is 1. The number of carboxylic acid groups (broad SMARTS) is 1. The Morgan fingerprint density at radius 3 is 1.90 bits per heavy atom. The number of carbonyl (C=O) groups is 2.